The van der Waals surface area contributed by atoms with Crippen LogP contribution in [0.1, 0.15) is 95.9 Å². The highest BCUT2D eigenvalue weighted by Crippen LogP contribution is 2.57. The van der Waals surface area contributed by atoms with Crippen molar-refractivity contribution in [2.45, 2.75) is 116 Å². The number of aliphatic hydroxyl groups is 1. The number of phenols is 1. The number of nitrogens with zero attached hydrogens (tertiary/aromatic N) is 7. The Labute approximate surface area is 390 Å². The van der Waals surface area contributed by atoms with Crippen molar-refractivity contribution in [1.82, 2.24) is 45.4 Å². The number of aromatic nitrogens is 5. The smallest absolute Gasteiger partial charge is 0.246 e. The number of nitrogen functional groups attached to an aromatic ring is 1. The fraction of sp³-hybridized carbons (Fsp3) is 0.500. The summed E-state index contributed by atoms with van der Waals surface area (Å²) in [5.41, 5.74) is 12.8. The van der Waals surface area contributed by atoms with E-state index in [1.165, 1.54) is 4.90 Å². The highest BCUT2D eigenvalue weighted by molar-refractivity contribution is 7.13. The van der Waals surface area contributed by atoms with Gasteiger partial charge >= 0.3 is 0 Å². The molecule has 15 nitrogen and oxygen atoms in total. The molecule has 348 valence electrons. The molecule has 3 aromatic heterocycles. The number of para-hydroxylation sites is 1. The average molecular weight is 915 g/mol. The van der Waals surface area contributed by atoms with Gasteiger partial charge in [0.15, 0.2) is 5.82 Å². The second-order valence-electron chi connectivity index (χ2n) is 20.4. The number of carbonyl (C=O) groups is 3. The van der Waals surface area contributed by atoms with Gasteiger partial charge in [0.2, 0.25) is 17.7 Å². The summed E-state index contributed by atoms with van der Waals surface area (Å²) in [4.78, 5) is 52.1. The number of anilines is 1. The van der Waals surface area contributed by atoms with Crippen LogP contribution in [0.15, 0.2) is 72.5 Å². The SMILES string of the molecule is Cc1ncsc1-c1ccc(CNC(=O)[C@@H]2C[C@@H](O)CN2C(=O)[C@@H](NC(=O)C23CCC(CN4CCC(n5cc(-c6cc(-c7ccccc7O)nnc6N)cn5)CC4)(CC2)CC3)C(C)(C)C)cc1. The van der Waals surface area contributed by atoms with Crippen molar-refractivity contribution < 1.29 is 24.6 Å². The van der Waals surface area contributed by atoms with Crippen LogP contribution in [0.3, 0.4) is 0 Å². The topological polar surface area (TPSA) is 205 Å². The van der Waals surface area contributed by atoms with Crippen LogP contribution < -0.4 is 16.4 Å². The van der Waals surface area contributed by atoms with E-state index < -0.39 is 29.0 Å². The van der Waals surface area contributed by atoms with Crippen molar-refractivity contribution in [2.75, 3.05) is 31.9 Å². The zero-order valence-electron chi connectivity index (χ0n) is 38.4. The van der Waals surface area contributed by atoms with Crippen LogP contribution in [0.25, 0.3) is 32.8 Å². The molecule has 0 unspecified atom stereocenters. The van der Waals surface area contributed by atoms with Crippen LogP contribution in [0.5, 0.6) is 5.75 Å². The van der Waals surface area contributed by atoms with E-state index in [2.05, 4.69) is 30.7 Å². The van der Waals surface area contributed by atoms with E-state index in [-0.39, 0.29) is 54.4 Å². The van der Waals surface area contributed by atoms with Crippen molar-refractivity contribution in [3.05, 3.63) is 83.8 Å². The molecule has 3 atom stereocenters. The van der Waals surface area contributed by atoms with Gasteiger partial charge in [-0.25, -0.2) is 4.98 Å². The molecule has 10 rings (SSSR count). The zero-order valence-corrected chi connectivity index (χ0v) is 39.2. The Balaban J connectivity index is 0.775. The molecule has 66 heavy (non-hydrogen) atoms. The zero-order chi connectivity index (χ0) is 46.4. The van der Waals surface area contributed by atoms with E-state index in [1.54, 1.807) is 29.5 Å². The van der Waals surface area contributed by atoms with Crippen LogP contribution in [-0.2, 0) is 20.9 Å². The summed E-state index contributed by atoms with van der Waals surface area (Å²) in [6.07, 6.45) is 10.4. The maximum atomic E-state index is 14.4. The number of thiazole rings is 1. The maximum absolute atomic E-state index is 14.4. The Morgan fingerprint density at radius 1 is 0.955 bits per heavy atom. The number of rotatable bonds is 12. The number of phenolic OH excluding ortho intramolecular Hbond substituents is 1. The number of benzene rings is 2. The van der Waals surface area contributed by atoms with Gasteiger partial charge in [-0.05, 0) is 98.4 Å². The molecule has 5 aliphatic rings. The number of carbonyl (C=O) groups excluding carboxylic acids is 3. The van der Waals surface area contributed by atoms with Gasteiger partial charge in [-0.15, -0.1) is 21.5 Å². The number of piperidine rings is 1. The lowest BCUT2D eigenvalue weighted by Gasteiger charge is -2.54. The Morgan fingerprint density at radius 2 is 1.67 bits per heavy atom. The third-order valence-electron chi connectivity index (χ3n) is 15.0. The summed E-state index contributed by atoms with van der Waals surface area (Å²) in [6.45, 7) is 11.1. The highest BCUT2D eigenvalue weighted by atomic mass is 32.1. The number of hydrogen-bond donors (Lipinski definition) is 5. The minimum absolute atomic E-state index is 0.0390. The first kappa shape index (κ1) is 45.4. The molecule has 5 aromatic rings. The number of β-amino-alcohol motifs (C(OH)–C–C–N with tert-alkyl or cyclic N) is 1. The molecular weight excluding hydrogens is 853 g/mol. The normalized spacial score (nSPS) is 24.0. The molecule has 6 N–H and O–H groups in total. The van der Waals surface area contributed by atoms with Crippen LogP contribution in [0, 0.1) is 23.2 Å². The Hall–Kier alpha value is -5.71. The van der Waals surface area contributed by atoms with Gasteiger partial charge in [-0.3, -0.25) is 19.1 Å². The molecule has 2 saturated heterocycles. The summed E-state index contributed by atoms with van der Waals surface area (Å²) in [5, 5.41) is 40.5. The summed E-state index contributed by atoms with van der Waals surface area (Å²) in [7, 11) is 0. The fourth-order valence-corrected chi connectivity index (χ4v) is 11.7. The van der Waals surface area contributed by atoms with E-state index >= 15 is 0 Å². The first-order valence-electron chi connectivity index (χ1n) is 23.4. The molecule has 3 amide bonds. The molecule has 2 aromatic carbocycles. The number of aliphatic hydroxyl groups excluding tert-OH is 1. The molecule has 5 fully saturated rings. The second kappa shape index (κ2) is 18.2. The van der Waals surface area contributed by atoms with E-state index in [1.807, 2.05) is 86.7 Å². The molecule has 16 heteroatoms. The predicted molar refractivity (Wildman–Crippen MR) is 254 cm³/mol. The lowest BCUT2D eigenvalue weighted by Crippen LogP contribution is -2.61. The molecule has 3 saturated carbocycles. The summed E-state index contributed by atoms with van der Waals surface area (Å²) in [6, 6.07) is 15.4. The van der Waals surface area contributed by atoms with Gasteiger partial charge in [0.25, 0.3) is 0 Å². The number of aromatic hydroxyl groups is 1. The quantitative estimate of drug-likeness (QED) is 0.0913. The first-order valence-corrected chi connectivity index (χ1v) is 24.2. The first-order chi connectivity index (χ1) is 31.6. The van der Waals surface area contributed by atoms with Gasteiger partial charge in [0.05, 0.1) is 40.1 Å². The predicted octanol–water partition coefficient (Wildman–Crippen LogP) is 6.51. The highest BCUT2D eigenvalue weighted by Gasteiger charge is 2.54. The van der Waals surface area contributed by atoms with Crippen molar-refractivity contribution in [1.29, 1.82) is 0 Å². The molecule has 5 heterocycles. The number of nitrogens with two attached hydrogens (primary N) is 1. The second-order valence-corrected chi connectivity index (χ2v) is 21.2. The third kappa shape index (κ3) is 9.19. The molecular formula is C50H62N10O5S. The lowest BCUT2D eigenvalue weighted by atomic mass is 9.53. The van der Waals surface area contributed by atoms with Crippen LogP contribution in [0.4, 0.5) is 5.82 Å². The van der Waals surface area contributed by atoms with Crippen molar-refractivity contribution in [3.8, 4) is 38.6 Å². The number of fused-ring (bicyclic) bond motifs is 3. The van der Waals surface area contributed by atoms with Crippen molar-refractivity contribution >= 4 is 34.9 Å². The van der Waals surface area contributed by atoms with Crippen LogP contribution >= 0.6 is 11.3 Å². The number of hydrogen-bond acceptors (Lipinski definition) is 12. The molecule has 0 spiro atoms. The third-order valence-corrected chi connectivity index (χ3v) is 15.9. The largest absolute Gasteiger partial charge is 0.507 e. The minimum atomic E-state index is -0.858. The lowest BCUT2D eigenvalue weighted by molar-refractivity contribution is -0.149. The van der Waals surface area contributed by atoms with Crippen molar-refractivity contribution in [2.24, 2.45) is 16.2 Å². The van der Waals surface area contributed by atoms with E-state index in [9.17, 15) is 24.6 Å². The van der Waals surface area contributed by atoms with E-state index in [0.29, 0.717) is 17.1 Å². The van der Waals surface area contributed by atoms with Gasteiger partial charge in [-0.1, -0.05) is 57.2 Å². The Bertz CT molecular complexity index is 2550. The van der Waals surface area contributed by atoms with E-state index in [4.69, 9.17) is 10.8 Å². The minimum Gasteiger partial charge on any atom is -0.507 e. The average Bonchev–Trinajstić information content (AvgIpc) is 4.08. The van der Waals surface area contributed by atoms with Crippen LogP contribution in [0.2, 0.25) is 0 Å². The fourth-order valence-electron chi connectivity index (χ4n) is 10.9. The Kier molecular flexibility index (Phi) is 12.5. The molecule has 2 aliphatic heterocycles. The summed E-state index contributed by atoms with van der Waals surface area (Å²) < 4.78 is 2.04. The standard InChI is InChI=1S/C50H62N10O5S/c1-31-42(66-30-53-31)33-11-9-32(10-12-33)25-52-45(63)40-23-36(61)28-59(40)46(64)43(48(2,3)4)55-47(65)50-18-15-49(16-19-50,17-20-50)29-58-21-13-35(14-22-58)60-27-34(26-54-60)38-24-39(56-57-44(38)51)37-7-5-6-8-41(37)62/h5-12,24,26-27,30,35-36,40,43,61-62H,13-23,25,28-29H2,1-4H3,(H2,51,57)(H,52,63)(H,55,65)/t36-,40+,43-,49?,50?/m1/s1. The van der Waals surface area contributed by atoms with Gasteiger partial charge in [0.1, 0.15) is 17.8 Å². The van der Waals surface area contributed by atoms with Gasteiger partial charge in [-0.2, -0.15) is 5.10 Å². The molecule has 0 radical (unpaired) electrons. The number of amides is 3. The Morgan fingerprint density at radius 3 is 2.33 bits per heavy atom. The van der Waals surface area contributed by atoms with Crippen LogP contribution in [-0.4, -0.2) is 107 Å². The molecule has 3 aliphatic carbocycles. The van der Waals surface area contributed by atoms with Gasteiger partial charge in [0, 0.05) is 67.4 Å². The van der Waals surface area contributed by atoms with Crippen molar-refractivity contribution in [3.63, 3.8) is 0 Å². The number of likely N-dealkylation sites (tertiary alicyclic amines) is 2. The van der Waals surface area contributed by atoms with E-state index in [0.717, 1.165) is 104 Å². The maximum Gasteiger partial charge on any atom is 0.246 e. The summed E-state index contributed by atoms with van der Waals surface area (Å²) >= 11 is 1.59. The molecule has 2 bridgehead atoms. The number of aryl methyl sites for hydroxylation is 1. The summed E-state index contributed by atoms with van der Waals surface area (Å²) in [5.74, 6) is -0.284. The number of nitrogens with one attached hydrogen (secondary N) is 2. The monoisotopic (exact) mass is 914 g/mol. The van der Waals surface area contributed by atoms with Gasteiger partial charge < -0.3 is 36.4 Å².